The van der Waals surface area contributed by atoms with E-state index in [0.29, 0.717) is 11.5 Å². The molecular formula is C17H24N4O2. The van der Waals surface area contributed by atoms with Gasteiger partial charge >= 0.3 is 0 Å². The highest BCUT2D eigenvalue weighted by atomic mass is 16.5. The Morgan fingerprint density at radius 3 is 2.83 bits per heavy atom. The van der Waals surface area contributed by atoms with Gasteiger partial charge in [0.15, 0.2) is 0 Å². The van der Waals surface area contributed by atoms with Crippen LogP contribution in [0.3, 0.4) is 0 Å². The van der Waals surface area contributed by atoms with Crippen LogP contribution in [-0.4, -0.2) is 51.5 Å². The molecule has 0 unspecified atom stereocenters. The standard InChI is InChI=1S/C17H24N4O2/c1-5-17(6-2)13(10-14(17)23-4)20(3)15(22)12-11-21-9-7-8-18-16(21)19-12/h7-9,11,13-14H,5-6,10H2,1-4H3/t13-,14-/m1/s1. The maximum absolute atomic E-state index is 12.8. The largest absolute Gasteiger partial charge is 0.381 e. The number of carbonyl (C=O) groups is 1. The van der Waals surface area contributed by atoms with E-state index in [2.05, 4.69) is 23.8 Å². The average molecular weight is 316 g/mol. The summed E-state index contributed by atoms with van der Waals surface area (Å²) < 4.78 is 7.40. The molecule has 1 aliphatic rings. The summed E-state index contributed by atoms with van der Waals surface area (Å²) in [4.78, 5) is 23.2. The van der Waals surface area contributed by atoms with Crippen LogP contribution in [0.4, 0.5) is 0 Å². The van der Waals surface area contributed by atoms with E-state index in [4.69, 9.17) is 4.74 Å². The predicted molar refractivity (Wildman–Crippen MR) is 87.3 cm³/mol. The number of nitrogens with zero attached hydrogens (tertiary/aromatic N) is 4. The molecule has 1 fully saturated rings. The summed E-state index contributed by atoms with van der Waals surface area (Å²) >= 11 is 0. The van der Waals surface area contributed by atoms with Crippen LogP contribution in [0.5, 0.6) is 0 Å². The van der Waals surface area contributed by atoms with Crippen LogP contribution < -0.4 is 0 Å². The third-order valence-corrected chi connectivity index (χ3v) is 5.59. The van der Waals surface area contributed by atoms with Crippen molar-refractivity contribution in [3.8, 4) is 0 Å². The van der Waals surface area contributed by atoms with Gasteiger partial charge in [0.2, 0.25) is 5.78 Å². The van der Waals surface area contributed by atoms with Crippen LogP contribution in [0.25, 0.3) is 5.78 Å². The van der Waals surface area contributed by atoms with Gasteiger partial charge in [-0.2, -0.15) is 0 Å². The van der Waals surface area contributed by atoms with Crippen molar-refractivity contribution in [2.24, 2.45) is 5.41 Å². The molecule has 6 heteroatoms. The lowest BCUT2D eigenvalue weighted by atomic mass is 9.58. The van der Waals surface area contributed by atoms with Gasteiger partial charge in [-0.25, -0.2) is 9.97 Å². The van der Waals surface area contributed by atoms with Gasteiger partial charge in [-0.05, 0) is 25.3 Å². The molecule has 0 aromatic carbocycles. The highest BCUT2D eigenvalue weighted by molar-refractivity contribution is 5.93. The van der Waals surface area contributed by atoms with Gasteiger partial charge < -0.3 is 9.64 Å². The van der Waals surface area contributed by atoms with E-state index in [9.17, 15) is 4.79 Å². The van der Waals surface area contributed by atoms with Gasteiger partial charge in [-0.1, -0.05) is 13.8 Å². The molecule has 1 aliphatic carbocycles. The van der Waals surface area contributed by atoms with Gasteiger partial charge in [-0.3, -0.25) is 9.20 Å². The van der Waals surface area contributed by atoms with Crippen LogP contribution in [0.15, 0.2) is 24.7 Å². The van der Waals surface area contributed by atoms with Crippen molar-refractivity contribution in [1.29, 1.82) is 0 Å². The number of hydrogen-bond acceptors (Lipinski definition) is 4. The average Bonchev–Trinajstić information content (AvgIpc) is 2.99. The summed E-state index contributed by atoms with van der Waals surface area (Å²) in [6.45, 7) is 4.35. The Morgan fingerprint density at radius 2 is 2.22 bits per heavy atom. The molecular weight excluding hydrogens is 292 g/mol. The first-order chi connectivity index (χ1) is 11.1. The molecule has 6 nitrogen and oxygen atoms in total. The molecule has 0 radical (unpaired) electrons. The third-order valence-electron chi connectivity index (χ3n) is 5.59. The minimum Gasteiger partial charge on any atom is -0.381 e. The first kappa shape index (κ1) is 15.9. The van der Waals surface area contributed by atoms with Crippen LogP contribution in [0.1, 0.15) is 43.6 Å². The number of ether oxygens (including phenoxy) is 1. The first-order valence-electron chi connectivity index (χ1n) is 8.17. The van der Waals surface area contributed by atoms with Crippen LogP contribution in [-0.2, 0) is 4.74 Å². The molecule has 0 aliphatic heterocycles. The lowest BCUT2D eigenvalue weighted by Gasteiger charge is -2.57. The molecule has 0 bridgehead atoms. The molecule has 2 heterocycles. The van der Waals surface area contributed by atoms with Crippen molar-refractivity contribution in [3.63, 3.8) is 0 Å². The summed E-state index contributed by atoms with van der Waals surface area (Å²) in [5, 5.41) is 0. The maximum atomic E-state index is 12.8. The molecule has 124 valence electrons. The van der Waals surface area contributed by atoms with Crippen LogP contribution in [0, 0.1) is 5.41 Å². The normalized spacial score (nSPS) is 22.8. The van der Waals surface area contributed by atoms with E-state index in [1.165, 1.54) is 0 Å². The number of imidazole rings is 1. The molecule has 1 saturated carbocycles. The van der Waals surface area contributed by atoms with Gasteiger partial charge in [0.1, 0.15) is 5.69 Å². The van der Waals surface area contributed by atoms with E-state index >= 15 is 0 Å². The zero-order valence-electron chi connectivity index (χ0n) is 14.2. The minimum atomic E-state index is -0.0543. The van der Waals surface area contributed by atoms with Crippen molar-refractivity contribution >= 4 is 11.7 Å². The number of hydrogen-bond donors (Lipinski definition) is 0. The van der Waals surface area contributed by atoms with Crippen molar-refractivity contribution in [2.75, 3.05) is 14.2 Å². The van der Waals surface area contributed by atoms with Crippen molar-refractivity contribution in [3.05, 3.63) is 30.4 Å². The van der Waals surface area contributed by atoms with Crippen molar-refractivity contribution in [2.45, 2.75) is 45.3 Å². The molecule has 2 aromatic heterocycles. The Morgan fingerprint density at radius 1 is 1.48 bits per heavy atom. The van der Waals surface area contributed by atoms with Crippen molar-refractivity contribution in [1.82, 2.24) is 19.3 Å². The maximum Gasteiger partial charge on any atom is 0.274 e. The quantitative estimate of drug-likeness (QED) is 0.850. The molecule has 1 amide bonds. The lowest BCUT2D eigenvalue weighted by Crippen LogP contribution is -2.64. The number of aromatic nitrogens is 3. The zero-order valence-corrected chi connectivity index (χ0v) is 14.2. The molecule has 23 heavy (non-hydrogen) atoms. The molecule has 3 rings (SSSR count). The van der Waals surface area contributed by atoms with Crippen LogP contribution in [0.2, 0.25) is 0 Å². The monoisotopic (exact) mass is 316 g/mol. The summed E-state index contributed by atoms with van der Waals surface area (Å²) in [5.74, 6) is 0.492. The Balaban J connectivity index is 1.85. The van der Waals surface area contributed by atoms with E-state index in [0.717, 1.165) is 19.3 Å². The molecule has 2 aromatic rings. The highest BCUT2D eigenvalue weighted by Gasteiger charge is 2.55. The Bertz CT molecular complexity index is 674. The van der Waals surface area contributed by atoms with E-state index in [1.54, 1.807) is 23.9 Å². The zero-order chi connectivity index (χ0) is 16.6. The summed E-state index contributed by atoms with van der Waals surface area (Å²) in [6, 6.07) is 2.01. The summed E-state index contributed by atoms with van der Waals surface area (Å²) in [6.07, 6.45) is 8.36. The third kappa shape index (κ3) is 2.32. The van der Waals surface area contributed by atoms with Gasteiger partial charge in [0, 0.05) is 44.2 Å². The Hall–Kier alpha value is -1.95. The molecule has 2 atom stereocenters. The molecule has 0 saturated heterocycles. The van der Waals surface area contributed by atoms with Gasteiger partial charge in [0.05, 0.1) is 6.10 Å². The van der Waals surface area contributed by atoms with E-state index in [1.807, 2.05) is 24.2 Å². The second kappa shape index (κ2) is 5.92. The number of fused-ring (bicyclic) bond motifs is 1. The number of amides is 1. The van der Waals surface area contributed by atoms with Gasteiger partial charge in [0.25, 0.3) is 5.91 Å². The number of carbonyl (C=O) groups excluding carboxylic acids is 1. The fraction of sp³-hybridized carbons (Fsp3) is 0.588. The van der Waals surface area contributed by atoms with E-state index in [-0.39, 0.29) is 23.5 Å². The lowest BCUT2D eigenvalue weighted by molar-refractivity contribution is -0.147. The molecule has 0 N–H and O–H groups in total. The van der Waals surface area contributed by atoms with Gasteiger partial charge in [-0.15, -0.1) is 0 Å². The summed E-state index contributed by atoms with van der Waals surface area (Å²) in [7, 11) is 3.63. The second-order valence-corrected chi connectivity index (χ2v) is 6.29. The summed E-state index contributed by atoms with van der Waals surface area (Å²) in [5.41, 5.74) is 0.476. The second-order valence-electron chi connectivity index (χ2n) is 6.29. The Labute approximate surface area is 136 Å². The minimum absolute atomic E-state index is 0.0383. The van der Waals surface area contributed by atoms with Crippen molar-refractivity contribution < 1.29 is 9.53 Å². The smallest absolute Gasteiger partial charge is 0.274 e. The highest BCUT2D eigenvalue weighted by Crippen LogP contribution is 2.51. The predicted octanol–water partition coefficient (Wildman–Crippen LogP) is 2.40. The molecule has 0 spiro atoms. The number of methoxy groups -OCH3 is 1. The topological polar surface area (TPSA) is 59.7 Å². The fourth-order valence-electron chi connectivity index (χ4n) is 4.03. The fourth-order valence-corrected chi connectivity index (χ4v) is 4.03. The Kier molecular flexibility index (Phi) is 4.10. The van der Waals surface area contributed by atoms with Crippen LogP contribution >= 0.6 is 0 Å². The first-order valence-corrected chi connectivity index (χ1v) is 8.17. The van der Waals surface area contributed by atoms with E-state index < -0.39 is 0 Å². The number of rotatable bonds is 5. The SMILES string of the molecule is CCC1(CC)[C@H](OC)C[C@H]1N(C)C(=O)c1cn2cccnc2n1.